The molecule has 1 amide bonds. The number of hydrogen-bond donors (Lipinski definition) is 0. The molecule has 1 aliphatic rings. The van der Waals surface area contributed by atoms with Crippen LogP contribution in [0.25, 0.3) is 0 Å². The van der Waals surface area contributed by atoms with Gasteiger partial charge in [0.1, 0.15) is 6.04 Å². The second-order valence-electron chi connectivity index (χ2n) is 8.25. The molecule has 1 saturated heterocycles. The number of thioether (sulfide) groups is 1. The second-order valence-corrected chi connectivity index (χ2v) is 9.66. The lowest BCUT2D eigenvalue weighted by atomic mass is 9.90. The Kier molecular flexibility index (Phi) is 7.84. The first kappa shape index (κ1) is 23.1. The molecule has 0 N–H and O–H groups in total. The Morgan fingerprint density at radius 3 is 2.00 bits per heavy atom. The number of amides is 1. The van der Waals surface area contributed by atoms with E-state index in [0.29, 0.717) is 13.0 Å². The number of hydrogen-bond acceptors (Lipinski definition) is 4. The van der Waals surface area contributed by atoms with E-state index in [-0.39, 0.29) is 17.1 Å². The Hall–Kier alpha value is -3.05. The maximum Gasteiger partial charge on any atom is 0.328 e. The molecule has 0 bridgehead atoms. The van der Waals surface area contributed by atoms with E-state index in [1.54, 1.807) is 4.90 Å². The lowest BCUT2D eigenvalue weighted by Crippen LogP contribution is -2.43. The molecule has 0 aliphatic carbocycles. The van der Waals surface area contributed by atoms with Gasteiger partial charge in [-0.15, -0.1) is 0 Å². The van der Waals surface area contributed by atoms with Gasteiger partial charge in [0.25, 0.3) is 0 Å². The van der Waals surface area contributed by atoms with Crippen molar-refractivity contribution in [2.75, 3.05) is 19.4 Å². The highest BCUT2D eigenvalue weighted by Gasteiger charge is 2.43. The fraction of sp³-hybridized carbons (Fsp3) is 0.286. The van der Waals surface area contributed by atoms with Crippen LogP contribution < -0.4 is 0 Å². The quantitative estimate of drug-likeness (QED) is 0.448. The zero-order valence-corrected chi connectivity index (χ0v) is 19.6. The normalized spacial score (nSPS) is 17.8. The van der Waals surface area contributed by atoms with Crippen molar-refractivity contribution in [3.63, 3.8) is 0 Å². The van der Waals surface area contributed by atoms with Gasteiger partial charge in [-0.2, -0.15) is 11.8 Å². The summed E-state index contributed by atoms with van der Waals surface area (Å²) in [5.41, 5.74) is 3.16. The Balaban J connectivity index is 1.53. The maximum absolute atomic E-state index is 13.9. The number of methoxy groups -OCH3 is 1. The van der Waals surface area contributed by atoms with E-state index in [2.05, 4.69) is 24.3 Å². The van der Waals surface area contributed by atoms with E-state index in [9.17, 15) is 9.59 Å². The van der Waals surface area contributed by atoms with Crippen molar-refractivity contribution in [3.05, 3.63) is 108 Å². The fourth-order valence-electron chi connectivity index (χ4n) is 4.44. The Bertz CT molecular complexity index is 1000. The van der Waals surface area contributed by atoms with Gasteiger partial charge in [-0.3, -0.25) is 4.79 Å². The first-order valence-corrected chi connectivity index (χ1v) is 12.4. The Morgan fingerprint density at radius 2 is 1.45 bits per heavy atom. The molecular weight excluding hydrogens is 430 g/mol. The summed E-state index contributed by atoms with van der Waals surface area (Å²) in [5, 5.41) is 0.203. The van der Waals surface area contributed by atoms with Crippen LogP contribution in [0.15, 0.2) is 91.0 Å². The predicted molar refractivity (Wildman–Crippen MR) is 133 cm³/mol. The van der Waals surface area contributed by atoms with E-state index in [4.69, 9.17) is 4.74 Å². The SMILES string of the molecule is COC(=O)[C@@H]1C[C@H](SCCc2ccccc2)CN1C(=O)C(c1ccccc1)c1ccccc1. The molecule has 4 rings (SSSR count). The van der Waals surface area contributed by atoms with Gasteiger partial charge in [-0.05, 0) is 35.3 Å². The van der Waals surface area contributed by atoms with Crippen LogP contribution in [0, 0.1) is 0 Å². The molecule has 170 valence electrons. The van der Waals surface area contributed by atoms with Crippen molar-refractivity contribution in [3.8, 4) is 0 Å². The largest absolute Gasteiger partial charge is 0.467 e. The molecule has 1 fully saturated rings. The van der Waals surface area contributed by atoms with Gasteiger partial charge in [0, 0.05) is 11.8 Å². The van der Waals surface area contributed by atoms with Crippen LogP contribution in [0.1, 0.15) is 29.0 Å². The van der Waals surface area contributed by atoms with Crippen LogP contribution in [-0.2, 0) is 20.7 Å². The molecule has 0 unspecified atom stereocenters. The summed E-state index contributed by atoms with van der Waals surface area (Å²) < 4.78 is 5.09. The van der Waals surface area contributed by atoms with Gasteiger partial charge in [0.2, 0.25) is 5.91 Å². The number of carbonyl (C=O) groups is 2. The zero-order valence-electron chi connectivity index (χ0n) is 18.8. The molecule has 3 aromatic rings. The summed E-state index contributed by atoms with van der Waals surface area (Å²) in [6, 6.07) is 29.4. The molecule has 2 atom stereocenters. The number of esters is 1. The highest BCUT2D eigenvalue weighted by atomic mass is 32.2. The first-order valence-electron chi connectivity index (χ1n) is 11.3. The minimum Gasteiger partial charge on any atom is -0.467 e. The molecule has 0 saturated carbocycles. The monoisotopic (exact) mass is 459 g/mol. The smallest absolute Gasteiger partial charge is 0.328 e. The van der Waals surface area contributed by atoms with Crippen LogP contribution in [-0.4, -0.2) is 47.5 Å². The lowest BCUT2D eigenvalue weighted by Gasteiger charge is -2.28. The van der Waals surface area contributed by atoms with Gasteiger partial charge in [0.05, 0.1) is 13.0 Å². The van der Waals surface area contributed by atoms with Crippen molar-refractivity contribution < 1.29 is 14.3 Å². The van der Waals surface area contributed by atoms with Crippen molar-refractivity contribution >= 4 is 23.6 Å². The average molecular weight is 460 g/mol. The lowest BCUT2D eigenvalue weighted by molar-refractivity contribution is -0.151. The highest BCUT2D eigenvalue weighted by molar-refractivity contribution is 7.99. The summed E-state index contributed by atoms with van der Waals surface area (Å²) in [7, 11) is 1.40. The van der Waals surface area contributed by atoms with E-state index >= 15 is 0 Å². The van der Waals surface area contributed by atoms with E-state index < -0.39 is 12.0 Å². The molecule has 5 heteroatoms. The number of ether oxygens (including phenoxy) is 1. The third-order valence-corrected chi connectivity index (χ3v) is 7.37. The summed E-state index contributed by atoms with van der Waals surface area (Å²) in [4.78, 5) is 28.3. The predicted octanol–water partition coefficient (Wildman–Crippen LogP) is 4.94. The van der Waals surface area contributed by atoms with Crippen LogP contribution in [0.4, 0.5) is 0 Å². The molecule has 1 aliphatic heterocycles. The highest BCUT2D eigenvalue weighted by Crippen LogP contribution is 2.34. The summed E-state index contributed by atoms with van der Waals surface area (Å²) in [6.45, 7) is 0.550. The first-order chi connectivity index (χ1) is 16.2. The number of aryl methyl sites for hydroxylation is 1. The minimum atomic E-state index is -0.549. The molecular formula is C28H29NO3S. The molecule has 0 aromatic heterocycles. The van der Waals surface area contributed by atoms with Crippen molar-refractivity contribution in [2.24, 2.45) is 0 Å². The third-order valence-electron chi connectivity index (χ3n) is 6.12. The van der Waals surface area contributed by atoms with Gasteiger partial charge < -0.3 is 9.64 Å². The van der Waals surface area contributed by atoms with Gasteiger partial charge in [-0.25, -0.2) is 4.79 Å². The molecule has 3 aromatic carbocycles. The van der Waals surface area contributed by atoms with Gasteiger partial charge in [0.15, 0.2) is 0 Å². The number of carbonyl (C=O) groups excluding carboxylic acids is 2. The number of nitrogens with zero attached hydrogens (tertiary/aromatic N) is 1. The Morgan fingerprint density at radius 1 is 0.909 bits per heavy atom. The molecule has 33 heavy (non-hydrogen) atoms. The zero-order chi connectivity index (χ0) is 23.0. The summed E-state index contributed by atoms with van der Waals surface area (Å²) >= 11 is 1.83. The molecule has 4 nitrogen and oxygen atoms in total. The third kappa shape index (κ3) is 5.66. The number of likely N-dealkylation sites (tertiary alicyclic amines) is 1. The van der Waals surface area contributed by atoms with Crippen molar-refractivity contribution in [1.29, 1.82) is 0 Å². The van der Waals surface area contributed by atoms with Crippen LogP contribution >= 0.6 is 11.8 Å². The summed E-state index contributed by atoms with van der Waals surface area (Å²) in [5.74, 6) is 0.113. The van der Waals surface area contributed by atoms with Crippen molar-refractivity contribution in [1.82, 2.24) is 4.90 Å². The number of rotatable bonds is 8. The van der Waals surface area contributed by atoms with Crippen molar-refractivity contribution in [2.45, 2.75) is 30.1 Å². The number of benzene rings is 3. The van der Waals surface area contributed by atoms with Gasteiger partial charge in [-0.1, -0.05) is 91.0 Å². The molecule has 0 spiro atoms. The van der Waals surface area contributed by atoms with Crippen LogP contribution in [0.3, 0.4) is 0 Å². The standard InChI is InChI=1S/C28H29NO3S/c1-32-28(31)25-19-24(33-18-17-21-11-5-2-6-12-21)20-29(25)27(30)26(22-13-7-3-8-14-22)23-15-9-4-10-16-23/h2-16,24-26H,17-20H2,1H3/t24-,25-/m0/s1. The summed E-state index contributed by atoms with van der Waals surface area (Å²) in [6.07, 6.45) is 1.59. The topological polar surface area (TPSA) is 46.6 Å². The van der Waals surface area contributed by atoms with Gasteiger partial charge >= 0.3 is 5.97 Å². The van der Waals surface area contributed by atoms with Crippen LogP contribution in [0.2, 0.25) is 0 Å². The Labute approximate surface area is 200 Å². The second kappa shape index (κ2) is 11.2. The maximum atomic E-state index is 13.9. The molecule has 1 heterocycles. The minimum absolute atomic E-state index is 0.0473. The fourth-order valence-corrected chi connectivity index (χ4v) is 5.72. The van der Waals surface area contributed by atoms with E-state index in [1.165, 1.54) is 12.7 Å². The van der Waals surface area contributed by atoms with E-state index in [1.807, 2.05) is 78.5 Å². The average Bonchev–Trinajstić information content (AvgIpc) is 3.30. The molecule has 0 radical (unpaired) electrons. The van der Waals surface area contributed by atoms with Crippen LogP contribution in [0.5, 0.6) is 0 Å². The van der Waals surface area contributed by atoms with E-state index in [0.717, 1.165) is 23.3 Å².